The van der Waals surface area contributed by atoms with Crippen LogP contribution in [0.15, 0.2) is 53.9 Å². The van der Waals surface area contributed by atoms with Gasteiger partial charge in [0.15, 0.2) is 5.13 Å². The molecule has 0 atom stereocenters. The van der Waals surface area contributed by atoms with E-state index in [0.717, 1.165) is 39.1 Å². The van der Waals surface area contributed by atoms with Crippen LogP contribution in [0, 0.1) is 13.8 Å². The molecule has 0 aliphatic carbocycles. The molecule has 3 rings (SSSR count). The Morgan fingerprint density at radius 3 is 2.38 bits per heavy atom. The first kappa shape index (κ1) is 18.7. The normalized spacial score (nSPS) is 10.7. The summed E-state index contributed by atoms with van der Waals surface area (Å²) in [5, 5.41) is 2.79. The Labute approximate surface area is 163 Å². The number of carbonyl (C=O) groups excluding carboxylic acids is 1. The molecule has 2 aromatic carbocycles. The van der Waals surface area contributed by atoms with Crippen molar-refractivity contribution < 1.29 is 4.79 Å². The van der Waals surface area contributed by atoms with Gasteiger partial charge in [0.05, 0.1) is 11.4 Å². The molecule has 0 radical (unpaired) electrons. The maximum atomic E-state index is 12.3. The van der Waals surface area contributed by atoms with E-state index in [4.69, 9.17) is 4.98 Å². The summed E-state index contributed by atoms with van der Waals surface area (Å²) in [6, 6.07) is 16.5. The van der Waals surface area contributed by atoms with Crippen LogP contribution in [-0.4, -0.2) is 10.9 Å². The Balaban J connectivity index is 1.75. The minimum atomic E-state index is -0.0137. The molecule has 0 saturated heterocycles. The van der Waals surface area contributed by atoms with Crippen LogP contribution in [0.3, 0.4) is 0 Å². The number of thiazole rings is 1. The van der Waals surface area contributed by atoms with Gasteiger partial charge < -0.3 is 0 Å². The second kappa shape index (κ2) is 8.52. The average Bonchev–Trinajstić information content (AvgIpc) is 3.07. The van der Waals surface area contributed by atoms with Crippen molar-refractivity contribution in [3.8, 4) is 0 Å². The van der Waals surface area contributed by atoms with Gasteiger partial charge in [0.1, 0.15) is 0 Å². The fourth-order valence-corrected chi connectivity index (χ4v) is 4.72. The number of rotatable bonds is 6. The fraction of sp³-hybridized carbons (Fsp3) is 0.238. The van der Waals surface area contributed by atoms with Gasteiger partial charge >= 0.3 is 0 Å². The summed E-state index contributed by atoms with van der Waals surface area (Å²) in [5.41, 5.74) is 5.43. The fourth-order valence-electron chi connectivity index (χ4n) is 2.86. The lowest BCUT2D eigenvalue weighted by Crippen LogP contribution is -2.24. The van der Waals surface area contributed by atoms with Crippen molar-refractivity contribution >= 4 is 39.8 Å². The molecule has 5 heteroatoms. The summed E-state index contributed by atoms with van der Waals surface area (Å²) >= 11 is 3.36. The van der Waals surface area contributed by atoms with E-state index in [1.165, 1.54) is 16.9 Å². The monoisotopic (exact) mass is 382 g/mol. The maximum Gasteiger partial charge on any atom is 0.230 e. The summed E-state index contributed by atoms with van der Waals surface area (Å²) in [5.74, 6) is 1.78. The van der Waals surface area contributed by atoms with Crippen molar-refractivity contribution in [1.82, 2.24) is 4.98 Å². The molecule has 0 aliphatic rings. The van der Waals surface area contributed by atoms with Gasteiger partial charge in [0.25, 0.3) is 0 Å². The molecule has 3 aromatic rings. The first-order chi connectivity index (χ1) is 12.6. The zero-order valence-corrected chi connectivity index (χ0v) is 16.9. The molecule has 0 aliphatic heterocycles. The quantitative estimate of drug-likeness (QED) is 0.534. The van der Waals surface area contributed by atoms with Crippen molar-refractivity contribution in [1.29, 1.82) is 0 Å². The van der Waals surface area contributed by atoms with E-state index in [1.807, 2.05) is 49.9 Å². The molecular formula is C21H22N2OS2. The summed E-state index contributed by atoms with van der Waals surface area (Å²) < 4.78 is 0. The van der Waals surface area contributed by atoms with Crippen LogP contribution < -0.4 is 4.90 Å². The molecule has 134 valence electrons. The lowest BCUT2D eigenvalue weighted by molar-refractivity contribution is -0.115. The lowest BCUT2D eigenvalue weighted by atomic mass is 10.1. The minimum absolute atomic E-state index is 0.0137. The van der Waals surface area contributed by atoms with Gasteiger partial charge in [0.2, 0.25) is 5.91 Å². The van der Waals surface area contributed by atoms with Crippen LogP contribution in [0.2, 0.25) is 0 Å². The van der Waals surface area contributed by atoms with Crippen LogP contribution in [-0.2, 0) is 16.3 Å². The molecule has 0 bridgehead atoms. The number of thioether (sulfide) groups is 1. The second-order valence-electron chi connectivity index (χ2n) is 6.19. The van der Waals surface area contributed by atoms with Crippen molar-refractivity contribution in [3.63, 3.8) is 0 Å². The van der Waals surface area contributed by atoms with E-state index >= 15 is 0 Å². The number of hydrogen-bond acceptors (Lipinski definition) is 4. The standard InChI is InChI=1S/C21H22N2OS2/c1-15-8-7-9-16(2)20(15)23(17(3)24)21-22-19(14-26-21)13-25-12-18-10-5-4-6-11-18/h4-11,14H,12-13H2,1-3H3. The number of nitrogens with zero attached hydrogens (tertiary/aromatic N) is 2. The highest BCUT2D eigenvalue weighted by Gasteiger charge is 2.21. The Kier molecular flexibility index (Phi) is 6.12. The molecule has 1 aromatic heterocycles. The number of aromatic nitrogens is 1. The van der Waals surface area contributed by atoms with Gasteiger partial charge in [-0.25, -0.2) is 4.98 Å². The van der Waals surface area contributed by atoms with Crippen LogP contribution in [0.1, 0.15) is 29.3 Å². The van der Waals surface area contributed by atoms with Crippen LogP contribution in [0.5, 0.6) is 0 Å². The molecule has 0 fully saturated rings. The average molecular weight is 383 g/mol. The van der Waals surface area contributed by atoms with Gasteiger partial charge in [-0.1, -0.05) is 48.5 Å². The topological polar surface area (TPSA) is 33.2 Å². The van der Waals surface area contributed by atoms with Crippen molar-refractivity contribution in [2.45, 2.75) is 32.3 Å². The highest BCUT2D eigenvalue weighted by molar-refractivity contribution is 7.97. The third kappa shape index (κ3) is 4.34. The molecule has 1 amide bonds. The highest BCUT2D eigenvalue weighted by Crippen LogP contribution is 2.34. The van der Waals surface area contributed by atoms with Crippen molar-refractivity contribution in [3.05, 3.63) is 76.3 Å². The largest absolute Gasteiger partial charge is 0.274 e. The van der Waals surface area contributed by atoms with Crippen LogP contribution in [0.25, 0.3) is 0 Å². The zero-order chi connectivity index (χ0) is 18.5. The Bertz CT molecular complexity index is 870. The second-order valence-corrected chi connectivity index (χ2v) is 8.02. The Morgan fingerprint density at radius 2 is 1.73 bits per heavy atom. The van der Waals surface area contributed by atoms with Crippen molar-refractivity contribution in [2.24, 2.45) is 0 Å². The Morgan fingerprint density at radius 1 is 1.04 bits per heavy atom. The maximum absolute atomic E-state index is 12.3. The predicted octanol–water partition coefficient (Wildman–Crippen LogP) is 5.88. The molecule has 0 saturated carbocycles. The summed E-state index contributed by atoms with van der Waals surface area (Å²) in [6.07, 6.45) is 0. The first-order valence-corrected chi connectivity index (χ1v) is 10.5. The van der Waals surface area contributed by atoms with E-state index in [2.05, 4.69) is 29.6 Å². The van der Waals surface area contributed by atoms with E-state index < -0.39 is 0 Å². The molecule has 0 spiro atoms. The molecule has 0 unspecified atom stereocenters. The predicted molar refractivity (Wildman–Crippen MR) is 112 cm³/mol. The number of anilines is 2. The van der Waals surface area contributed by atoms with E-state index in [1.54, 1.807) is 11.8 Å². The Hall–Kier alpha value is -2.11. The minimum Gasteiger partial charge on any atom is -0.274 e. The smallest absolute Gasteiger partial charge is 0.230 e. The third-order valence-electron chi connectivity index (χ3n) is 4.07. The molecule has 26 heavy (non-hydrogen) atoms. The SMILES string of the molecule is CC(=O)N(c1nc(CSCc2ccccc2)cs1)c1c(C)cccc1C. The highest BCUT2D eigenvalue weighted by atomic mass is 32.2. The molecule has 3 nitrogen and oxygen atoms in total. The van der Waals surface area contributed by atoms with Gasteiger partial charge in [-0.3, -0.25) is 9.69 Å². The molecule has 0 N–H and O–H groups in total. The number of hydrogen-bond donors (Lipinski definition) is 0. The molecular weight excluding hydrogens is 360 g/mol. The van der Waals surface area contributed by atoms with E-state index in [0.29, 0.717) is 0 Å². The number of aryl methyl sites for hydroxylation is 2. The van der Waals surface area contributed by atoms with Crippen LogP contribution >= 0.6 is 23.1 Å². The number of benzene rings is 2. The first-order valence-electron chi connectivity index (χ1n) is 8.49. The molecule has 1 heterocycles. The van der Waals surface area contributed by atoms with Gasteiger partial charge in [-0.05, 0) is 30.5 Å². The van der Waals surface area contributed by atoms with E-state index in [9.17, 15) is 4.79 Å². The number of para-hydroxylation sites is 1. The summed E-state index contributed by atoms with van der Waals surface area (Å²) in [7, 11) is 0. The van der Waals surface area contributed by atoms with Gasteiger partial charge in [-0.2, -0.15) is 11.8 Å². The van der Waals surface area contributed by atoms with Gasteiger partial charge in [0, 0.05) is 23.8 Å². The summed E-state index contributed by atoms with van der Waals surface area (Å²) in [4.78, 5) is 18.8. The third-order valence-corrected chi connectivity index (χ3v) is 5.98. The van der Waals surface area contributed by atoms with E-state index in [-0.39, 0.29) is 5.91 Å². The summed E-state index contributed by atoms with van der Waals surface area (Å²) in [6.45, 7) is 5.65. The lowest BCUT2D eigenvalue weighted by Gasteiger charge is -2.22. The van der Waals surface area contributed by atoms with Crippen molar-refractivity contribution in [2.75, 3.05) is 4.90 Å². The van der Waals surface area contributed by atoms with Gasteiger partial charge in [-0.15, -0.1) is 11.3 Å². The number of amides is 1. The number of carbonyl (C=O) groups is 1. The van der Waals surface area contributed by atoms with Crippen LogP contribution in [0.4, 0.5) is 10.8 Å². The zero-order valence-electron chi connectivity index (χ0n) is 15.2.